The molecule has 7 nitrogen and oxygen atoms in total. The summed E-state index contributed by atoms with van der Waals surface area (Å²) in [6.07, 6.45) is 5.33. The normalized spacial score (nSPS) is 34.1. The number of ether oxygens (including phenoxy) is 1. The number of nitrogens with zero attached hydrogens (tertiary/aromatic N) is 2. The lowest BCUT2D eigenvalue weighted by Crippen LogP contribution is -2.78. The van der Waals surface area contributed by atoms with Crippen molar-refractivity contribution in [1.82, 2.24) is 9.80 Å². The van der Waals surface area contributed by atoms with Crippen molar-refractivity contribution in [3.63, 3.8) is 0 Å². The number of aliphatic hydroxyl groups is 1. The number of amides is 1. The number of hydrogen-bond acceptors (Lipinski definition) is 6. The van der Waals surface area contributed by atoms with Crippen LogP contribution in [-0.4, -0.2) is 69.8 Å². The second-order valence-corrected chi connectivity index (χ2v) is 11.8. The number of anilines is 1. The van der Waals surface area contributed by atoms with E-state index in [1.54, 1.807) is 6.07 Å². The number of nitrogen functional groups attached to an aromatic ring is 1. The minimum absolute atomic E-state index is 0.0224. The molecule has 2 saturated carbocycles. The van der Waals surface area contributed by atoms with E-state index in [9.17, 15) is 15.0 Å². The minimum atomic E-state index is -0.936. The lowest BCUT2D eigenvalue weighted by Gasteiger charge is -2.64. The fourth-order valence-corrected chi connectivity index (χ4v) is 7.97. The molecule has 36 heavy (non-hydrogen) atoms. The summed E-state index contributed by atoms with van der Waals surface area (Å²) >= 11 is 0. The van der Waals surface area contributed by atoms with Crippen molar-refractivity contribution in [2.45, 2.75) is 74.1 Å². The molecule has 2 aromatic carbocycles. The van der Waals surface area contributed by atoms with Crippen LogP contribution in [0.3, 0.4) is 0 Å². The van der Waals surface area contributed by atoms with Gasteiger partial charge in [-0.1, -0.05) is 18.2 Å². The predicted molar refractivity (Wildman–Crippen MR) is 136 cm³/mol. The van der Waals surface area contributed by atoms with E-state index in [2.05, 4.69) is 4.90 Å². The molecule has 0 radical (unpaired) electrons. The van der Waals surface area contributed by atoms with Crippen LogP contribution >= 0.6 is 0 Å². The zero-order valence-corrected chi connectivity index (χ0v) is 20.8. The van der Waals surface area contributed by atoms with Crippen molar-refractivity contribution < 1.29 is 19.7 Å². The molecule has 5 aliphatic rings. The summed E-state index contributed by atoms with van der Waals surface area (Å²) in [5.41, 5.74) is 8.05. The molecule has 7 heteroatoms. The molecule has 190 valence electrons. The molecule has 0 unspecified atom stereocenters. The van der Waals surface area contributed by atoms with Gasteiger partial charge < -0.3 is 25.6 Å². The molecule has 3 fully saturated rings. The zero-order chi connectivity index (χ0) is 24.8. The van der Waals surface area contributed by atoms with Gasteiger partial charge in [0.05, 0.1) is 23.5 Å². The van der Waals surface area contributed by atoms with E-state index in [0.717, 1.165) is 43.0 Å². The van der Waals surface area contributed by atoms with E-state index >= 15 is 0 Å². The van der Waals surface area contributed by atoms with Gasteiger partial charge in [-0.05, 0) is 80.3 Å². The maximum atomic E-state index is 13.4. The summed E-state index contributed by atoms with van der Waals surface area (Å²) in [6.45, 7) is 1.96. The maximum Gasteiger partial charge on any atom is 0.227 e. The van der Waals surface area contributed by atoms with Crippen molar-refractivity contribution in [3.05, 3.63) is 53.1 Å². The van der Waals surface area contributed by atoms with Crippen LogP contribution in [-0.2, 0) is 23.1 Å². The Morgan fingerprint density at radius 1 is 1.17 bits per heavy atom. The largest absolute Gasteiger partial charge is 0.504 e. The number of benzene rings is 2. The number of likely N-dealkylation sites (tertiary alicyclic amines) is 1. The van der Waals surface area contributed by atoms with E-state index in [1.165, 1.54) is 18.4 Å². The highest BCUT2D eigenvalue weighted by Gasteiger charge is 2.73. The van der Waals surface area contributed by atoms with E-state index in [0.29, 0.717) is 30.7 Å². The molecule has 2 aromatic rings. The number of nitrogens with two attached hydrogens (primary N) is 1. The number of phenols is 1. The highest BCUT2D eigenvalue weighted by molar-refractivity contribution is 5.79. The smallest absolute Gasteiger partial charge is 0.227 e. The molecule has 1 spiro atoms. The van der Waals surface area contributed by atoms with Crippen molar-refractivity contribution in [1.29, 1.82) is 0 Å². The predicted octanol–water partition coefficient (Wildman–Crippen LogP) is 2.61. The molecule has 1 amide bonds. The Kier molecular flexibility index (Phi) is 4.75. The molecule has 7 rings (SSSR count). The summed E-state index contributed by atoms with van der Waals surface area (Å²) in [4.78, 5) is 17.8. The Bertz CT molecular complexity index is 1230. The Labute approximate surface area is 211 Å². The van der Waals surface area contributed by atoms with Crippen molar-refractivity contribution >= 4 is 11.6 Å². The Morgan fingerprint density at radius 3 is 2.69 bits per heavy atom. The first kappa shape index (κ1) is 22.4. The number of phenolic OH excluding ortho intramolecular Hbond substituents is 1. The van der Waals surface area contributed by atoms with Crippen molar-refractivity contribution in [2.24, 2.45) is 5.92 Å². The van der Waals surface area contributed by atoms with Crippen LogP contribution in [0.4, 0.5) is 5.69 Å². The highest BCUT2D eigenvalue weighted by atomic mass is 16.5. The van der Waals surface area contributed by atoms with Gasteiger partial charge in [0.25, 0.3) is 0 Å². The van der Waals surface area contributed by atoms with Gasteiger partial charge in [0.2, 0.25) is 5.91 Å². The molecule has 2 aliphatic heterocycles. The molecule has 3 aliphatic carbocycles. The minimum Gasteiger partial charge on any atom is -0.504 e. The lowest BCUT2D eigenvalue weighted by atomic mass is 9.48. The van der Waals surface area contributed by atoms with Gasteiger partial charge in [0.1, 0.15) is 6.10 Å². The average molecular weight is 490 g/mol. The molecule has 1 saturated heterocycles. The van der Waals surface area contributed by atoms with Crippen LogP contribution in [0, 0.1) is 5.92 Å². The molecule has 0 aromatic heterocycles. The number of rotatable bonds is 5. The Morgan fingerprint density at radius 2 is 1.94 bits per heavy atom. The molecular formula is C29H35N3O4. The first-order valence-corrected chi connectivity index (χ1v) is 13.4. The number of likely N-dealkylation sites (N-methyl/N-ethyl adjacent to an activating group) is 1. The maximum absolute atomic E-state index is 13.4. The third kappa shape index (κ3) is 2.96. The third-order valence-electron chi connectivity index (χ3n) is 9.96. The number of hydrogen-bond donors (Lipinski definition) is 3. The van der Waals surface area contributed by atoms with Gasteiger partial charge in [-0.15, -0.1) is 0 Å². The van der Waals surface area contributed by atoms with Crippen LogP contribution in [0.15, 0.2) is 36.4 Å². The summed E-state index contributed by atoms with van der Waals surface area (Å²) in [5, 5.41) is 23.4. The van der Waals surface area contributed by atoms with Crippen molar-refractivity contribution in [2.75, 3.05) is 25.9 Å². The van der Waals surface area contributed by atoms with Gasteiger partial charge in [-0.25, -0.2) is 0 Å². The standard InChI is InChI=1S/C29H35N3O4/c1-31(24(34)14-17-4-7-20(30)8-5-17)21-10-11-29(35)23-15-19-6-9-22(33)26-25(19)28(29,27(21)36-26)12-13-32(23)16-18-2-3-18/h4-9,18,21,23,27,33,35H,2-3,10-16,30H2,1H3/t21-,23-,27-,28-,29+/m0/s1. The molecule has 2 bridgehead atoms. The third-order valence-corrected chi connectivity index (χ3v) is 9.96. The van der Waals surface area contributed by atoms with Crippen LogP contribution in [0.2, 0.25) is 0 Å². The van der Waals surface area contributed by atoms with Crippen LogP contribution in [0.1, 0.15) is 48.8 Å². The quantitative estimate of drug-likeness (QED) is 0.559. The SMILES string of the molecule is CN(C(=O)Cc1ccc(N)cc1)[C@H]1CC[C@@]2(O)[C@@H]3Cc4ccc(O)c5c4[C@@]2(CCN3CC2CC2)[C@H]1O5. The second kappa shape index (κ2) is 7.62. The summed E-state index contributed by atoms with van der Waals surface area (Å²) in [7, 11) is 1.86. The summed E-state index contributed by atoms with van der Waals surface area (Å²) < 4.78 is 6.61. The summed E-state index contributed by atoms with van der Waals surface area (Å²) in [6, 6.07) is 11.0. The number of aromatic hydroxyl groups is 1. The number of carbonyl (C=O) groups is 1. The van der Waals surface area contributed by atoms with Gasteiger partial charge in [0, 0.05) is 30.9 Å². The zero-order valence-electron chi connectivity index (χ0n) is 20.8. The van der Waals surface area contributed by atoms with Gasteiger partial charge in [0.15, 0.2) is 11.5 Å². The summed E-state index contributed by atoms with van der Waals surface area (Å²) in [5.74, 6) is 1.43. The molecular weight excluding hydrogens is 454 g/mol. The topological polar surface area (TPSA) is 99.3 Å². The van der Waals surface area contributed by atoms with E-state index in [1.807, 2.05) is 42.3 Å². The first-order chi connectivity index (χ1) is 17.3. The lowest BCUT2D eigenvalue weighted by molar-refractivity contribution is -0.200. The molecule has 5 atom stereocenters. The van der Waals surface area contributed by atoms with Gasteiger partial charge in [-0.3, -0.25) is 9.69 Å². The van der Waals surface area contributed by atoms with E-state index in [-0.39, 0.29) is 29.8 Å². The van der Waals surface area contributed by atoms with Crippen molar-refractivity contribution in [3.8, 4) is 11.5 Å². The average Bonchev–Trinajstić information content (AvgIpc) is 3.60. The number of piperidine rings is 1. The fraction of sp³-hybridized carbons (Fsp3) is 0.552. The number of carbonyl (C=O) groups excluding carboxylic acids is 1. The van der Waals surface area contributed by atoms with Crippen LogP contribution in [0.5, 0.6) is 11.5 Å². The monoisotopic (exact) mass is 489 g/mol. The highest BCUT2D eigenvalue weighted by Crippen LogP contribution is 2.66. The molecule has 2 heterocycles. The van der Waals surface area contributed by atoms with Gasteiger partial charge >= 0.3 is 0 Å². The Balaban J connectivity index is 1.26. The second-order valence-electron chi connectivity index (χ2n) is 11.8. The van der Waals surface area contributed by atoms with E-state index < -0.39 is 11.0 Å². The van der Waals surface area contributed by atoms with E-state index in [4.69, 9.17) is 10.5 Å². The Hall–Kier alpha value is -2.77. The molecule has 4 N–H and O–H groups in total. The first-order valence-electron chi connectivity index (χ1n) is 13.4. The van der Waals surface area contributed by atoms with Crippen LogP contribution < -0.4 is 10.5 Å². The van der Waals surface area contributed by atoms with Crippen LogP contribution in [0.25, 0.3) is 0 Å². The fourth-order valence-electron chi connectivity index (χ4n) is 7.97. The van der Waals surface area contributed by atoms with Gasteiger partial charge in [-0.2, -0.15) is 0 Å².